The van der Waals surface area contributed by atoms with Crippen LogP contribution in [-0.4, -0.2) is 68.6 Å². The molecule has 1 aliphatic heterocycles. The van der Waals surface area contributed by atoms with Gasteiger partial charge in [0.2, 0.25) is 11.8 Å². The Bertz CT molecular complexity index is 1130. The van der Waals surface area contributed by atoms with Crippen molar-refractivity contribution in [3.05, 3.63) is 36.4 Å². The Morgan fingerprint density at radius 2 is 1.95 bits per heavy atom. The zero-order valence-corrected chi connectivity index (χ0v) is 21.6. The van der Waals surface area contributed by atoms with E-state index in [1.807, 2.05) is 36.4 Å². The van der Waals surface area contributed by atoms with Crippen molar-refractivity contribution >= 4 is 28.8 Å². The first-order valence-corrected chi connectivity index (χ1v) is 13.3. The lowest BCUT2D eigenvalue weighted by molar-refractivity contribution is -0.155. The van der Waals surface area contributed by atoms with E-state index in [0.29, 0.717) is 19.4 Å². The standard InChI is InChI=1S/C27H37N5O5/c1-3-10-18-13-14-19-23(22(18)27(36)37-4-2)26(35)31(15-8-5-9-16-33)24(19)25(34)28-17-32-21-12-7-6-11-20(21)29-30-32/h6-7,11-14,18-19,22-24,33H,3-5,8-10,15-17H2,1-2H3,(H,28,34)/t18-,19+,22-,23+,24+/m1/s1. The van der Waals surface area contributed by atoms with Crippen molar-refractivity contribution in [3.8, 4) is 0 Å². The van der Waals surface area contributed by atoms with Crippen molar-refractivity contribution in [1.82, 2.24) is 25.2 Å². The number of aliphatic hydroxyl groups is 1. The van der Waals surface area contributed by atoms with Crippen LogP contribution >= 0.6 is 0 Å². The fraction of sp³-hybridized carbons (Fsp3) is 0.593. The molecule has 200 valence electrons. The zero-order valence-electron chi connectivity index (χ0n) is 21.6. The number of aromatic nitrogens is 3. The van der Waals surface area contributed by atoms with Gasteiger partial charge in [-0.25, -0.2) is 4.68 Å². The van der Waals surface area contributed by atoms with Crippen LogP contribution in [0.3, 0.4) is 0 Å². The lowest BCUT2D eigenvalue weighted by Gasteiger charge is -2.33. The zero-order chi connectivity index (χ0) is 26.4. The highest BCUT2D eigenvalue weighted by molar-refractivity contribution is 5.96. The molecule has 0 unspecified atom stereocenters. The number of amides is 2. The molecule has 1 aromatic heterocycles. The van der Waals surface area contributed by atoms with E-state index in [-0.39, 0.29) is 43.6 Å². The highest BCUT2D eigenvalue weighted by atomic mass is 16.5. The van der Waals surface area contributed by atoms with Crippen LogP contribution in [-0.2, 0) is 25.8 Å². The van der Waals surface area contributed by atoms with Crippen LogP contribution in [0, 0.1) is 23.7 Å². The number of allylic oxidation sites excluding steroid dienone is 1. The average Bonchev–Trinajstić information content (AvgIpc) is 3.44. The number of likely N-dealkylation sites (tertiary alicyclic amines) is 1. The number of hydrogen-bond acceptors (Lipinski definition) is 7. The van der Waals surface area contributed by atoms with Crippen LogP contribution < -0.4 is 5.32 Å². The minimum atomic E-state index is -0.739. The van der Waals surface area contributed by atoms with Gasteiger partial charge in [-0.15, -0.1) is 5.10 Å². The molecule has 2 heterocycles. The summed E-state index contributed by atoms with van der Waals surface area (Å²) in [6.45, 7) is 4.64. The molecule has 1 aromatic carbocycles. The van der Waals surface area contributed by atoms with Crippen LogP contribution in [0.2, 0.25) is 0 Å². The number of ether oxygens (including phenoxy) is 1. The smallest absolute Gasteiger partial charge is 0.310 e. The van der Waals surface area contributed by atoms with E-state index in [0.717, 1.165) is 30.3 Å². The molecule has 4 rings (SSSR count). The molecule has 1 saturated heterocycles. The third-order valence-electron chi connectivity index (χ3n) is 7.44. The molecular formula is C27H37N5O5. The number of hydrogen-bond donors (Lipinski definition) is 2. The molecule has 5 atom stereocenters. The van der Waals surface area contributed by atoms with E-state index in [1.54, 1.807) is 16.5 Å². The Hall–Kier alpha value is -3.27. The maximum atomic E-state index is 13.8. The van der Waals surface area contributed by atoms with Crippen LogP contribution in [0.5, 0.6) is 0 Å². The van der Waals surface area contributed by atoms with Gasteiger partial charge in [-0.3, -0.25) is 14.4 Å². The van der Waals surface area contributed by atoms with Gasteiger partial charge in [-0.1, -0.05) is 42.8 Å². The molecule has 0 radical (unpaired) electrons. The van der Waals surface area contributed by atoms with Gasteiger partial charge in [-0.2, -0.15) is 0 Å². The van der Waals surface area contributed by atoms with E-state index in [1.165, 1.54) is 0 Å². The number of esters is 1. The first kappa shape index (κ1) is 26.8. The van der Waals surface area contributed by atoms with E-state index < -0.39 is 23.8 Å². The molecule has 0 bridgehead atoms. The second kappa shape index (κ2) is 12.3. The molecule has 2 aliphatic rings. The van der Waals surface area contributed by atoms with Crippen molar-refractivity contribution in [2.24, 2.45) is 23.7 Å². The molecule has 2 amide bonds. The van der Waals surface area contributed by atoms with Crippen molar-refractivity contribution in [1.29, 1.82) is 0 Å². The van der Waals surface area contributed by atoms with Crippen molar-refractivity contribution in [3.63, 3.8) is 0 Å². The van der Waals surface area contributed by atoms with Gasteiger partial charge >= 0.3 is 5.97 Å². The predicted molar refractivity (Wildman–Crippen MR) is 137 cm³/mol. The fourth-order valence-corrected chi connectivity index (χ4v) is 5.77. The monoisotopic (exact) mass is 511 g/mol. The van der Waals surface area contributed by atoms with Crippen molar-refractivity contribution < 1.29 is 24.2 Å². The molecule has 0 saturated carbocycles. The topological polar surface area (TPSA) is 127 Å². The molecule has 2 N–H and O–H groups in total. The Morgan fingerprint density at radius 3 is 2.70 bits per heavy atom. The number of nitrogens with one attached hydrogen (secondary N) is 1. The Kier molecular flexibility index (Phi) is 8.91. The normalized spacial score (nSPS) is 24.9. The van der Waals surface area contributed by atoms with E-state index in [2.05, 4.69) is 22.6 Å². The van der Waals surface area contributed by atoms with Gasteiger partial charge < -0.3 is 20.1 Å². The summed E-state index contributed by atoms with van der Waals surface area (Å²) in [5, 5.41) is 20.4. The second-order valence-electron chi connectivity index (χ2n) is 9.76. The first-order chi connectivity index (χ1) is 18.0. The third-order valence-corrected chi connectivity index (χ3v) is 7.44. The third kappa shape index (κ3) is 5.53. The number of carbonyl (C=O) groups is 3. The van der Waals surface area contributed by atoms with Crippen molar-refractivity contribution in [2.75, 3.05) is 19.8 Å². The largest absolute Gasteiger partial charge is 0.466 e. The number of rotatable bonds is 12. The molecule has 1 aliphatic carbocycles. The number of para-hydroxylation sites is 1. The predicted octanol–water partition coefficient (Wildman–Crippen LogP) is 2.28. The van der Waals surface area contributed by atoms with Gasteiger partial charge in [0, 0.05) is 19.1 Å². The van der Waals surface area contributed by atoms with Gasteiger partial charge in [0.25, 0.3) is 0 Å². The van der Waals surface area contributed by atoms with Gasteiger partial charge in [0.05, 0.1) is 24.0 Å². The number of fused-ring (bicyclic) bond motifs is 2. The van der Waals surface area contributed by atoms with Crippen LogP contribution in [0.15, 0.2) is 36.4 Å². The van der Waals surface area contributed by atoms with Gasteiger partial charge in [-0.05, 0) is 50.7 Å². The molecule has 1 fully saturated rings. The van der Waals surface area contributed by atoms with Crippen LogP contribution in [0.1, 0.15) is 46.0 Å². The molecule has 2 aromatic rings. The Labute approximate surface area is 217 Å². The first-order valence-electron chi connectivity index (χ1n) is 13.3. The number of benzene rings is 1. The lowest BCUT2D eigenvalue weighted by Crippen LogP contribution is -2.48. The highest BCUT2D eigenvalue weighted by Gasteiger charge is 2.57. The quantitative estimate of drug-likeness (QED) is 0.254. The molecule has 10 nitrogen and oxygen atoms in total. The molecule has 37 heavy (non-hydrogen) atoms. The molecule has 10 heteroatoms. The van der Waals surface area contributed by atoms with E-state index >= 15 is 0 Å². The molecular weight excluding hydrogens is 474 g/mol. The number of carbonyl (C=O) groups excluding carboxylic acids is 3. The number of aliphatic hydroxyl groups excluding tert-OH is 1. The summed E-state index contributed by atoms with van der Waals surface area (Å²) in [5.74, 6) is -2.62. The highest BCUT2D eigenvalue weighted by Crippen LogP contribution is 2.45. The van der Waals surface area contributed by atoms with Gasteiger partial charge in [0.15, 0.2) is 0 Å². The summed E-state index contributed by atoms with van der Waals surface area (Å²) in [7, 11) is 0. The second-order valence-corrected chi connectivity index (χ2v) is 9.76. The number of unbranched alkanes of at least 4 members (excludes halogenated alkanes) is 2. The van der Waals surface area contributed by atoms with E-state index in [4.69, 9.17) is 9.84 Å². The van der Waals surface area contributed by atoms with Crippen molar-refractivity contribution in [2.45, 2.75) is 58.7 Å². The fourth-order valence-electron chi connectivity index (χ4n) is 5.77. The Morgan fingerprint density at radius 1 is 1.14 bits per heavy atom. The lowest BCUT2D eigenvalue weighted by atomic mass is 9.69. The minimum absolute atomic E-state index is 0.0847. The van der Waals surface area contributed by atoms with Crippen LogP contribution in [0.4, 0.5) is 0 Å². The number of nitrogens with zero attached hydrogens (tertiary/aromatic N) is 4. The average molecular weight is 512 g/mol. The minimum Gasteiger partial charge on any atom is -0.466 e. The van der Waals surface area contributed by atoms with Crippen LogP contribution in [0.25, 0.3) is 11.0 Å². The maximum Gasteiger partial charge on any atom is 0.310 e. The summed E-state index contributed by atoms with van der Waals surface area (Å²) < 4.78 is 7.02. The summed E-state index contributed by atoms with van der Waals surface area (Å²) >= 11 is 0. The summed E-state index contributed by atoms with van der Waals surface area (Å²) in [6, 6.07) is 6.75. The Balaban J connectivity index is 1.60. The summed E-state index contributed by atoms with van der Waals surface area (Å²) in [6.07, 6.45) is 7.64. The summed E-state index contributed by atoms with van der Waals surface area (Å²) in [5.41, 5.74) is 1.53. The van der Waals surface area contributed by atoms with E-state index in [9.17, 15) is 14.4 Å². The maximum absolute atomic E-state index is 13.8. The van der Waals surface area contributed by atoms with Gasteiger partial charge in [0.1, 0.15) is 18.2 Å². The SMILES string of the molecule is CCC[C@@H]1C=C[C@H]2[C@H](C(=O)N(CCCCCO)[C@@H]2C(=O)NCn2nnc3ccccc32)[C@@H]1C(=O)OCC. The summed E-state index contributed by atoms with van der Waals surface area (Å²) in [4.78, 5) is 42.2. The molecule has 0 spiro atoms.